The molecule has 136 valence electrons. The minimum atomic E-state index is -1.34. The van der Waals surface area contributed by atoms with E-state index in [1.165, 1.54) is 11.9 Å². The van der Waals surface area contributed by atoms with Crippen LogP contribution in [0.25, 0.3) is 0 Å². The Hall–Kier alpha value is -2.70. The van der Waals surface area contributed by atoms with E-state index in [1.807, 2.05) is 13.0 Å². The largest absolute Gasteiger partial charge is 0.339 e. The number of fused-ring (bicyclic) bond motifs is 5. The van der Waals surface area contributed by atoms with Crippen LogP contribution in [0.2, 0.25) is 0 Å². The van der Waals surface area contributed by atoms with Gasteiger partial charge in [-0.15, -0.1) is 0 Å². The molecule has 3 heterocycles. The molecular formula is C19H21N3O4. The number of imide groups is 1. The van der Waals surface area contributed by atoms with Gasteiger partial charge >= 0.3 is 0 Å². The van der Waals surface area contributed by atoms with Crippen molar-refractivity contribution in [2.75, 3.05) is 20.1 Å². The van der Waals surface area contributed by atoms with Crippen LogP contribution in [0.5, 0.6) is 0 Å². The van der Waals surface area contributed by atoms with Gasteiger partial charge < -0.3 is 9.80 Å². The Bertz CT molecular complexity index is 823. The number of benzene rings is 1. The maximum atomic E-state index is 13.3. The zero-order valence-corrected chi connectivity index (χ0v) is 15.0. The number of hydrogen-bond donors (Lipinski definition) is 0. The topological polar surface area (TPSA) is 78.0 Å². The molecule has 3 aliphatic heterocycles. The van der Waals surface area contributed by atoms with E-state index in [1.54, 1.807) is 36.1 Å². The van der Waals surface area contributed by atoms with E-state index < -0.39 is 23.4 Å². The van der Waals surface area contributed by atoms with Crippen LogP contribution in [-0.4, -0.2) is 70.0 Å². The summed E-state index contributed by atoms with van der Waals surface area (Å²) in [5.41, 5.74) is -0.886. The first-order valence-corrected chi connectivity index (χ1v) is 8.83. The van der Waals surface area contributed by atoms with Crippen LogP contribution in [0.15, 0.2) is 30.3 Å². The molecule has 7 heteroatoms. The lowest BCUT2D eigenvalue weighted by Gasteiger charge is -2.47. The number of carbonyl (C=O) groups excluding carboxylic acids is 4. The quantitative estimate of drug-likeness (QED) is 0.718. The molecule has 3 saturated heterocycles. The van der Waals surface area contributed by atoms with Gasteiger partial charge in [0.25, 0.3) is 5.91 Å². The van der Waals surface area contributed by atoms with E-state index in [-0.39, 0.29) is 30.2 Å². The summed E-state index contributed by atoms with van der Waals surface area (Å²) < 4.78 is 0. The molecule has 3 aliphatic rings. The Kier molecular flexibility index (Phi) is 3.48. The zero-order chi connectivity index (χ0) is 18.8. The molecule has 26 heavy (non-hydrogen) atoms. The van der Waals surface area contributed by atoms with Crippen molar-refractivity contribution in [3.8, 4) is 0 Å². The summed E-state index contributed by atoms with van der Waals surface area (Å²) in [4.78, 5) is 56.3. The molecule has 3 fully saturated rings. The highest BCUT2D eigenvalue weighted by molar-refractivity contribution is 6.13. The molecular weight excluding hydrogens is 334 g/mol. The van der Waals surface area contributed by atoms with Gasteiger partial charge in [0.15, 0.2) is 0 Å². The summed E-state index contributed by atoms with van der Waals surface area (Å²) >= 11 is 0. The van der Waals surface area contributed by atoms with Gasteiger partial charge in [-0.05, 0) is 26.0 Å². The molecule has 0 saturated carbocycles. The van der Waals surface area contributed by atoms with E-state index >= 15 is 0 Å². The number of likely N-dealkylation sites (tertiary alicyclic amines) is 2. The molecule has 0 N–H and O–H groups in total. The average molecular weight is 355 g/mol. The van der Waals surface area contributed by atoms with Crippen LogP contribution in [0.1, 0.15) is 24.2 Å². The highest BCUT2D eigenvalue weighted by Gasteiger charge is 2.73. The molecule has 1 aromatic rings. The summed E-state index contributed by atoms with van der Waals surface area (Å²) in [7, 11) is 1.45. The third-order valence-corrected chi connectivity index (χ3v) is 6.17. The summed E-state index contributed by atoms with van der Waals surface area (Å²) in [5, 5.41) is 0. The maximum Gasteiger partial charge on any atom is 0.255 e. The van der Waals surface area contributed by atoms with Crippen molar-refractivity contribution in [1.29, 1.82) is 0 Å². The van der Waals surface area contributed by atoms with Crippen molar-refractivity contribution < 1.29 is 19.2 Å². The summed E-state index contributed by atoms with van der Waals surface area (Å²) in [5.74, 6) is -2.72. The molecule has 0 radical (unpaired) electrons. The van der Waals surface area contributed by atoms with E-state index in [0.717, 1.165) is 4.90 Å². The highest BCUT2D eigenvalue weighted by atomic mass is 16.2. The Morgan fingerprint density at radius 2 is 1.81 bits per heavy atom. The maximum absolute atomic E-state index is 13.3. The first-order chi connectivity index (χ1) is 12.3. The van der Waals surface area contributed by atoms with Crippen LogP contribution in [0.3, 0.4) is 0 Å². The Morgan fingerprint density at radius 3 is 2.42 bits per heavy atom. The van der Waals surface area contributed by atoms with Gasteiger partial charge in [0, 0.05) is 25.7 Å². The molecule has 2 bridgehead atoms. The van der Waals surface area contributed by atoms with Crippen LogP contribution >= 0.6 is 0 Å². The van der Waals surface area contributed by atoms with E-state index in [2.05, 4.69) is 0 Å². The highest BCUT2D eigenvalue weighted by Crippen LogP contribution is 2.52. The third kappa shape index (κ3) is 1.83. The zero-order valence-electron chi connectivity index (χ0n) is 15.0. The van der Waals surface area contributed by atoms with E-state index in [9.17, 15) is 19.2 Å². The van der Waals surface area contributed by atoms with Gasteiger partial charge in [0.2, 0.25) is 17.7 Å². The van der Waals surface area contributed by atoms with Crippen LogP contribution in [-0.2, 0) is 14.4 Å². The van der Waals surface area contributed by atoms with Crippen molar-refractivity contribution in [3.05, 3.63) is 35.9 Å². The summed E-state index contributed by atoms with van der Waals surface area (Å²) in [6, 6.07) is 8.21. The summed E-state index contributed by atoms with van der Waals surface area (Å²) in [6.07, 6.45) is 0. The van der Waals surface area contributed by atoms with Crippen LogP contribution in [0.4, 0.5) is 0 Å². The average Bonchev–Trinajstić information content (AvgIpc) is 3.01. The lowest BCUT2D eigenvalue weighted by Crippen LogP contribution is -2.68. The van der Waals surface area contributed by atoms with Crippen molar-refractivity contribution >= 4 is 23.6 Å². The first-order valence-electron chi connectivity index (χ1n) is 8.83. The number of nitrogens with zero attached hydrogens (tertiary/aromatic N) is 3. The predicted octanol–water partition coefficient (Wildman–Crippen LogP) is 0.363. The van der Waals surface area contributed by atoms with E-state index in [4.69, 9.17) is 0 Å². The van der Waals surface area contributed by atoms with Gasteiger partial charge in [-0.25, -0.2) is 0 Å². The monoisotopic (exact) mass is 355 g/mol. The molecule has 7 nitrogen and oxygen atoms in total. The van der Waals surface area contributed by atoms with Gasteiger partial charge in [-0.2, -0.15) is 0 Å². The van der Waals surface area contributed by atoms with Crippen LogP contribution in [0, 0.1) is 11.8 Å². The van der Waals surface area contributed by atoms with Gasteiger partial charge in [-0.1, -0.05) is 18.2 Å². The Balaban J connectivity index is 1.87. The number of carbonyl (C=O) groups is 4. The fourth-order valence-electron chi connectivity index (χ4n) is 4.88. The standard InChI is InChI=1S/C19H21N3O4/c1-4-21-10-12-13-14(17(25)20(3)16(13)24)19(2,18(21)26)22(12)15(23)11-8-6-5-7-9-11/h5-9,12-14H,4,10H2,1-3H3/t12?,13?,14?,19-/m1/s1. The van der Waals surface area contributed by atoms with Crippen molar-refractivity contribution in [2.45, 2.75) is 25.4 Å². The SMILES string of the molecule is CCN1CC2C3C(=O)N(C)C(=O)C3[C@](C)(C1=O)N2C(=O)c1ccccc1. The van der Waals surface area contributed by atoms with Gasteiger partial charge in [-0.3, -0.25) is 24.1 Å². The number of likely N-dealkylation sites (N-methyl/N-ethyl adjacent to an activating group) is 1. The molecule has 0 spiro atoms. The summed E-state index contributed by atoms with van der Waals surface area (Å²) in [6.45, 7) is 4.26. The predicted molar refractivity (Wildman–Crippen MR) is 91.8 cm³/mol. The second-order valence-corrected chi connectivity index (χ2v) is 7.34. The molecule has 0 aromatic heterocycles. The number of hydrogen-bond acceptors (Lipinski definition) is 4. The van der Waals surface area contributed by atoms with E-state index in [0.29, 0.717) is 12.1 Å². The number of rotatable bonds is 2. The van der Waals surface area contributed by atoms with Crippen molar-refractivity contribution in [3.63, 3.8) is 0 Å². The first kappa shape index (κ1) is 16.8. The second-order valence-electron chi connectivity index (χ2n) is 7.34. The molecule has 1 aromatic carbocycles. The van der Waals surface area contributed by atoms with Gasteiger partial charge in [0.1, 0.15) is 5.54 Å². The van der Waals surface area contributed by atoms with Crippen molar-refractivity contribution in [2.24, 2.45) is 11.8 Å². The molecule has 3 unspecified atom stereocenters. The smallest absolute Gasteiger partial charge is 0.255 e. The minimum Gasteiger partial charge on any atom is -0.339 e. The normalized spacial score (nSPS) is 33.1. The van der Waals surface area contributed by atoms with Crippen molar-refractivity contribution in [1.82, 2.24) is 14.7 Å². The second kappa shape index (κ2) is 5.40. The molecule has 4 amide bonds. The fraction of sp³-hybridized carbons (Fsp3) is 0.474. The molecule has 0 aliphatic carbocycles. The molecule has 4 atom stereocenters. The number of piperazine rings is 1. The van der Waals surface area contributed by atoms with Gasteiger partial charge in [0.05, 0.1) is 17.9 Å². The third-order valence-electron chi connectivity index (χ3n) is 6.17. The Morgan fingerprint density at radius 1 is 1.15 bits per heavy atom. The minimum absolute atomic E-state index is 0.260. The fourth-order valence-corrected chi connectivity index (χ4v) is 4.88. The van der Waals surface area contributed by atoms with Crippen LogP contribution < -0.4 is 0 Å². The number of amides is 4. The molecule has 4 rings (SSSR count). The lowest BCUT2D eigenvalue weighted by molar-refractivity contribution is -0.154. The Labute approximate surface area is 151 Å². The lowest BCUT2D eigenvalue weighted by atomic mass is 9.81.